The molecule has 0 aliphatic carbocycles. The number of aromatic nitrogens is 2. The molecule has 1 heterocycles. The molecule has 0 bridgehead atoms. The van der Waals surface area contributed by atoms with E-state index in [2.05, 4.69) is 27.6 Å². The van der Waals surface area contributed by atoms with Crippen molar-refractivity contribution in [3.8, 4) is 0 Å². The van der Waals surface area contributed by atoms with E-state index in [-0.39, 0.29) is 0 Å². The van der Waals surface area contributed by atoms with Crippen molar-refractivity contribution in [1.29, 1.82) is 0 Å². The van der Waals surface area contributed by atoms with Gasteiger partial charge in [0.2, 0.25) is 0 Å². The average Bonchev–Trinajstić information content (AvgIpc) is 2.94. The Balaban J connectivity index is 1.64. The lowest BCUT2D eigenvalue weighted by molar-refractivity contribution is 0.0567. The molecule has 3 aromatic rings. The van der Waals surface area contributed by atoms with Crippen LogP contribution >= 0.6 is 11.6 Å². The molecule has 0 saturated heterocycles. The monoisotopic (exact) mass is 315 g/mol. The largest absolute Gasteiger partial charge is 0.384 e. The molecular formula is C17H18ClN3O. The number of hydrogen-bond acceptors (Lipinski definition) is 3. The molecule has 3 N–H and O–H groups in total. The molecule has 2 aromatic carbocycles. The van der Waals surface area contributed by atoms with Crippen LogP contribution in [0.3, 0.4) is 0 Å². The summed E-state index contributed by atoms with van der Waals surface area (Å²) in [6, 6.07) is 13.5. The number of benzene rings is 2. The Morgan fingerprint density at radius 2 is 2.14 bits per heavy atom. The SMILES string of the molecule is C[C@](O)(CNCc1ccc2cn[nH]c2c1)c1cccc(Cl)c1. The Bertz CT molecular complexity index is 782. The molecular weight excluding hydrogens is 298 g/mol. The van der Waals surface area contributed by atoms with Crippen molar-refractivity contribution in [2.75, 3.05) is 6.54 Å². The first kappa shape index (κ1) is 15.0. The number of nitrogens with zero attached hydrogens (tertiary/aromatic N) is 1. The number of hydrogen-bond donors (Lipinski definition) is 3. The van der Waals surface area contributed by atoms with Crippen LogP contribution in [0.2, 0.25) is 5.02 Å². The van der Waals surface area contributed by atoms with E-state index in [1.165, 1.54) is 0 Å². The molecule has 0 fully saturated rings. The lowest BCUT2D eigenvalue weighted by atomic mass is 9.96. The van der Waals surface area contributed by atoms with Crippen molar-refractivity contribution in [1.82, 2.24) is 15.5 Å². The maximum Gasteiger partial charge on any atom is 0.0992 e. The zero-order valence-electron chi connectivity index (χ0n) is 12.3. The van der Waals surface area contributed by atoms with Gasteiger partial charge in [0.1, 0.15) is 0 Å². The van der Waals surface area contributed by atoms with Crippen molar-refractivity contribution >= 4 is 22.5 Å². The Morgan fingerprint density at radius 3 is 2.95 bits per heavy atom. The van der Waals surface area contributed by atoms with Gasteiger partial charge < -0.3 is 10.4 Å². The lowest BCUT2D eigenvalue weighted by Gasteiger charge is -2.24. The van der Waals surface area contributed by atoms with E-state index in [1.807, 2.05) is 18.2 Å². The van der Waals surface area contributed by atoms with E-state index >= 15 is 0 Å². The van der Waals surface area contributed by atoms with Crippen LogP contribution in [-0.2, 0) is 12.1 Å². The zero-order valence-corrected chi connectivity index (χ0v) is 13.1. The van der Waals surface area contributed by atoms with Crippen molar-refractivity contribution in [3.05, 3.63) is 64.8 Å². The lowest BCUT2D eigenvalue weighted by Crippen LogP contribution is -2.35. The second kappa shape index (κ2) is 6.08. The topological polar surface area (TPSA) is 60.9 Å². The molecule has 0 spiro atoms. The third-order valence-corrected chi connectivity index (χ3v) is 3.99. The fraction of sp³-hybridized carbons (Fsp3) is 0.235. The third kappa shape index (κ3) is 3.30. The summed E-state index contributed by atoms with van der Waals surface area (Å²) in [4.78, 5) is 0. The summed E-state index contributed by atoms with van der Waals surface area (Å²) in [5.74, 6) is 0. The summed E-state index contributed by atoms with van der Waals surface area (Å²) in [6.45, 7) is 2.89. The van der Waals surface area contributed by atoms with Crippen molar-refractivity contribution in [3.63, 3.8) is 0 Å². The standard InChI is InChI=1S/C17H18ClN3O/c1-17(22,14-3-2-4-15(18)8-14)11-19-9-12-5-6-13-10-20-21-16(13)7-12/h2-8,10,19,22H,9,11H2,1H3,(H,20,21)/t17-/m0/s1. The van der Waals surface area contributed by atoms with Gasteiger partial charge in [-0.1, -0.05) is 35.9 Å². The molecule has 0 radical (unpaired) electrons. The Kier molecular flexibility index (Phi) is 4.16. The molecule has 1 atom stereocenters. The molecule has 3 rings (SSSR count). The maximum absolute atomic E-state index is 10.6. The summed E-state index contributed by atoms with van der Waals surface area (Å²) in [7, 11) is 0. The van der Waals surface area contributed by atoms with Gasteiger partial charge in [0.15, 0.2) is 0 Å². The quantitative estimate of drug-likeness (QED) is 0.677. The van der Waals surface area contributed by atoms with Crippen LogP contribution in [0.25, 0.3) is 10.9 Å². The van der Waals surface area contributed by atoms with Crippen LogP contribution in [-0.4, -0.2) is 21.8 Å². The fourth-order valence-electron chi connectivity index (χ4n) is 2.47. The minimum Gasteiger partial charge on any atom is -0.384 e. The molecule has 0 aliphatic rings. The summed E-state index contributed by atoms with van der Waals surface area (Å²) >= 11 is 5.98. The minimum absolute atomic E-state index is 0.439. The number of halogens is 1. The molecule has 5 heteroatoms. The number of aromatic amines is 1. The van der Waals surface area contributed by atoms with E-state index in [9.17, 15) is 5.11 Å². The van der Waals surface area contributed by atoms with Crippen LogP contribution in [0.5, 0.6) is 0 Å². The van der Waals surface area contributed by atoms with Gasteiger partial charge in [0.25, 0.3) is 0 Å². The fourth-order valence-corrected chi connectivity index (χ4v) is 2.66. The number of H-pyrrole nitrogens is 1. The van der Waals surface area contributed by atoms with Crippen molar-refractivity contribution in [2.24, 2.45) is 0 Å². The van der Waals surface area contributed by atoms with Crippen LogP contribution in [0.4, 0.5) is 0 Å². The number of nitrogens with one attached hydrogen (secondary N) is 2. The highest BCUT2D eigenvalue weighted by Crippen LogP contribution is 2.23. The first-order chi connectivity index (χ1) is 10.5. The number of rotatable bonds is 5. The molecule has 4 nitrogen and oxygen atoms in total. The van der Waals surface area contributed by atoms with E-state index < -0.39 is 5.60 Å². The van der Waals surface area contributed by atoms with Crippen LogP contribution in [0, 0.1) is 0 Å². The smallest absolute Gasteiger partial charge is 0.0992 e. The summed E-state index contributed by atoms with van der Waals surface area (Å²) in [5.41, 5.74) is 1.99. The van der Waals surface area contributed by atoms with Gasteiger partial charge in [0, 0.05) is 23.5 Å². The first-order valence-electron chi connectivity index (χ1n) is 7.16. The van der Waals surface area contributed by atoms with Crippen molar-refractivity contribution < 1.29 is 5.11 Å². The van der Waals surface area contributed by atoms with Gasteiger partial charge in [-0.05, 0) is 36.2 Å². The van der Waals surface area contributed by atoms with Gasteiger partial charge in [-0.15, -0.1) is 0 Å². The Morgan fingerprint density at radius 1 is 1.27 bits per heavy atom. The highest BCUT2D eigenvalue weighted by molar-refractivity contribution is 6.30. The highest BCUT2D eigenvalue weighted by atomic mass is 35.5. The van der Waals surface area contributed by atoms with Gasteiger partial charge >= 0.3 is 0 Å². The predicted molar refractivity (Wildman–Crippen MR) is 88.8 cm³/mol. The first-order valence-corrected chi connectivity index (χ1v) is 7.53. The predicted octanol–water partition coefficient (Wildman–Crippen LogP) is 3.21. The van der Waals surface area contributed by atoms with Crippen LogP contribution in [0.1, 0.15) is 18.1 Å². The Hall–Kier alpha value is -1.88. The molecule has 22 heavy (non-hydrogen) atoms. The molecule has 1 aromatic heterocycles. The highest BCUT2D eigenvalue weighted by Gasteiger charge is 2.22. The number of fused-ring (bicyclic) bond motifs is 1. The van der Waals surface area contributed by atoms with Gasteiger partial charge in [0.05, 0.1) is 17.3 Å². The van der Waals surface area contributed by atoms with Crippen molar-refractivity contribution in [2.45, 2.75) is 19.1 Å². The average molecular weight is 316 g/mol. The van der Waals surface area contributed by atoms with E-state index in [1.54, 1.807) is 25.3 Å². The zero-order chi connectivity index (χ0) is 15.6. The van der Waals surface area contributed by atoms with Gasteiger partial charge in [-0.3, -0.25) is 5.10 Å². The molecule has 0 amide bonds. The second-order valence-electron chi connectivity index (χ2n) is 5.68. The summed E-state index contributed by atoms with van der Waals surface area (Å²) in [5, 5.41) is 22.6. The molecule has 0 saturated carbocycles. The van der Waals surface area contributed by atoms with E-state index in [0.717, 1.165) is 22.0 Å². The second-order valence-corrected chi connectivity index (χ2v) is 6.12. The summed E-state index contributed by atoms with van der Waals surface area (Å²) < 4.78 is 0. The maximum atomic E-state index is 10.6. The van der Waals surface area contributed by atoms with Gasteiger partial charge in [-0.2, -0.15) is 5.10 Å². The summed E-state index contributed by atoms with van der Waals surface area (Å²) in [6.07, 6.45) is 1.80. The Labute approximate surface area is 134 Å². The molecule has 0 aliphatic heterocycles. The normalized spacial score (nSPS) is 14.1. The number of aliphatic hydroxyl groups is 1. The van der Waals surface area contributed by atoms with E-state index in [4.69, 9.17) is 11.6 Å². The molecule has 114 valence electrons. The molecule has 0 unspecified atom stereocenters. The third-order valence-electron chi connectivity index (χ3n) is 3.75. The van der Waals surface area contributed by atoms with E-state index in [0.29, 0.717) is 18.1 Å². The van der Waals surface area contributed by atoms with Gasteiger partial charge in [-0.25, -0.2) is 0 Å². The van der Waals surface area contributed by atoms with Crippen LogP contribution in [0.15, 0.2) is 48.7 Å². The van der Waals surface area contributed by atoms with Crippen LogP contribution < -0.4 is 5.32 Å². The minimum atomic E-state index is -0.969.